The number of likely N-dealkylation sites (tertiary alicyclic amines) is 1. The zero-order valence-electron chi connectivity index (χ0n) is 14.5. The molecule has 2 aliphatic rings. The number of hydrogen-bond acceptors (Lipinski definition) is 3. The molecule has 5 nitrogen and oxygen atoms in total. The summed E-state index contributed by atoms with van der Waals surface area (Å²) in [6.45, 7) is 6.87. The number of amides is 2. The predicted molar refractivity (Wildman–Crippen MR) is 94.7 cm³/mol. The fourth-order valence-corrected chi connectivity index (χ4v) is 3.56. The Morgan fingerprint density at radius 2 is 1.91 bits per heavy atom. The van der Waals surface area contributed by atoms with Crippen molar-refractivity contribution in [2.24, 2.45) is 5.92 Å². The third kappa shape index (κ3) is 6.30. The van der Waals surface area contributed by atoms with Gasteiger partial charge >= 0.3 is 0 Å². The molecule has 2 amide bonds. The summed E-state index contributed by atoms with van der Waals surface area (Å²) in [5.41, 5.74) is 0. The molecule has 2 heterocycles. The quantitative estimate of drug-likeness (QED) is 0.802. The average Bonchev–Trinajstić information content (AvgIpc) is 2.53. The SMILES string of the molecule is CC(NC(=O)CCC1CCNCC1)C(=O)N1CCCCC1C.Cl. The van der Waals surface area contributed by atoms with E-state index in [4.69, 9.17) is 0 Å². The monoisotopic (exact) mass is 345 g/mol. The minimum atomic E-state index is -0.402. The Bertz CT molecular complexity index is 386. The number of halogens is 1. The number of carbonyl (C=O) groups is 2. The molecule has 2 saturated heterocycles. The van der Waals surface area contributed by atoms with Gasteiger partial charge in [-0.05, 0) is 71.4 Å². The Hall–Kier alpha value is -0.810. The zero-order valence-corrected chi connectivity index (χ0v) is 15.3. The van der Waals surface area contributed by atoms with Gasteiger partial charge in [-0.25, -0.2) is 0 Å². The predicted octanol–water partition coefficient (Wildman–Crippen LogP) is 2.09. The van der Waals surface area contributed by atoms with E-state index >= 15 is 0 Å². The summed E-state index contributed by atoms with van der Waals surface area (Å²) < 4.78 is 0. The molecule has 2 aliphatic heterocycles. The van der Waals surface area contributed by atoms with Crippen molar-refractivity contribution in [3.63, 3.8) is 0 Å². The molecular weight excluding hydrogens is 314 g/mol. The molecule has 2 fully saturated rings. The van der Waals surface area contributed by atoms with E-state index in [2.05, 4.69) is 17.6 Å². The first kappa shape index (κ1) is 20.2. The molecule has 2 atom stereocenters. The topological polar surface area (TPSA) is 61.4 Å². The lowest BCUT2D eigenvalue weighted by molar-refractivity contribution is -0.138. The van der Waals surface area contributed by atoms with Crippen molar-refractivity contribution < 1.29 is 9.59 Å². The standard InChI is InChI=1S/C17H31N3O2.ClH/c1-13-5-3-4-12-20(13)17(22)14(2)19-16(21)7-6-15-8-10-18-11-9-15;/h13-15,18H,3-12H2,1-2H3,(H,19,21);1H. The molecule has 23 heavy (non-hydrogen) atoms. The molecule has 0 aromatic heterocycles. The summed E-state index contributed by atoms with van der Waals surface area (Å²) in [6, 6.07) is -0.101. The van der Waals surface area contributed by atoms with Gasteiger partial charge in [0.15, 0.2) is 0 Å². The van der Waals surface area contributed by atoms with Crippen molar-refractivity contribution in [2.75, 3.05) is 19.6 Å². The van der Waals surface area contributed by atoms with Crippen molar-refractivity contribution in [3.05, 3.63) is 0 Å². The molecule has 0 aromatic carbocycles. The fraction of sp³-hybridized carbons (Fsp3) is 0.882. The van der Waals surface area contributed by atoms with Gasteiger partial charge in [-0.2, -0.15) is 0 Å². The van der Waals surface area contributed by atoms with Crippen molar-refractivity contribution >= 4 is 24.2 Å². The second-order valence-corrected chi connectivity index (χ2v) is 6.90. The second kappa shape index (κ2) is 10.1. The smallest absolute Gasteiger partial charge is 0.245 e. The summed E-state index contributed by atoms with van der Waals surface area (Å²) in [5.74, 6) is 0.742. The molecule has 2 unspecified atom stereocenters. The number of nitrogens with zero attached hydrogens (tertiary/aromatic N) is 1. The molecule has 2 N–H and O–H groups in total. The van der Waals surface area contributed by atoms with Gasteiger partial charge in [0.25, 0.3) is 0 Å². The van der Waals surface area contributed by atoms with E-state index < -0.39 is 6.04 Å². The highest BCUT2D eigenvalue weighted by Gasteiger charge is 2.27. The maximum atomic E-state index is 12.5. The first-order valence-corrected chi connectivity index (χ1v) is 8.88. The lowest BCUT2D eigenvalue weighted by Crippen LogP contribution is -2.51. The van der Waals surface area contributed by atoms with Gasteiger partial charge in [0, 0.05) is 19.0 Å². The first-order valence-electron chi connectivity index (χ1n) is 8.88. The number of hydrogen-bond donors (Lipinski definition) is 2. The van der Waals surface area contributed by atoms with E-state index in [0.717, 1.165) is 51.7 Å². The molecular formula is C17H32ClN3O2. The lowest BCUT2D eigenvalue weighted by atomic mass is 9.93. The molecule has 2 rings (SSSR count). The Morgan fingerprint density at radius 1 is 1.22 bits per heavy atom. The first-order chi connectivity index (χ1) is 10.6. The van der Waals surface area contributed by atoms with Crippen LogP contribution in [-0.2, 0) is 9.59 Å². The maximum Gasteiger partial charge on any atom is 0.245 e. The average molecular weight is 346 g/mol. The van der Waals surface area contributed by atoms with Crippen LogP contribution in [0, 0.1) is 5.92 Å². The van der Waals surface area contributed by atoms with Crippen LogP contribution in [0.3, 0.4) is 0 Å². The van der Waals surface area contributed by atoms with Crippen LogP contribution in [0.2, 0.25) is 0 Å². The van der Waals surface area contributed by atoms with Crippen molar-refractivity contribution in [3.8, 4) is 0 Å². The number of nitrogens with one attached hydrogen (secondary N) is 2. The molecule has 6 heteroatoms. The lowest BCUT2D eigenvalue weighted by Gasteiger charge is -2.35. The molecule has 0 aliphatic carbocycles. The van der Waals surface area contributed by atoms with Crippen molar-refractivity contribution in [1.82, 2.24) is 15.5 Å². The minimum absolute atomic E-state index is 0. The Labute approximate surface area is 146 Å². The second-order valence-electron chi connectivity index (χ2n) is 6.90. The van der Waals surface area contributed by atoms with E-state index in [0.29, 0.717) is 18.4 Å². The van der Waals surface area contributed by atoms with Gasteiger partial charge < -0.3 is 15.5 Å². The number of piperidine rings is 2. The third-order valence-electron chi connectivity index (χ3n) is 5.07. The van der Waals surface area contributed by atoms with E-state index in [1.54, 1.807) is 0 Å². The highest BCUT2D eigenvalue weighted by Crippen LogP contribution is 2.19. The summed E-state index contributed by atoms with van der Waals surface area (Å²) in [5, 5.41) is 6.23. The number of carbonyl (C=O) groups excluding carboxylic acids is 2. The summed E-state index contributed by atoms with van der Waals surface area (Å²) >= 11 is 0. The maximum absolute atomic E-state index is 12.5. The van der Waals surface area contributed by atoms with Crippen molar-refractivity contribution in [2.45, 2.75) is 70.9 Å². The molecule has 0 aromatic rings. The third-order valence-corrected chi connectivity index (χ3v) is 5.07. The highest BCUT2D eigenvalue weighted by atomic mass is 35.5. The van der Waals surface area contributed by atoms with Crippen LogP contribution in [0.1, 0.15) is 58.8 Å². The van der Waals surface area contributed by atoms with Gasteiger partial charge in [-0.1, -0.05) is 0 Å². The Morgan fingerprint density at radius 3 is 2.57 bits per heavy atom. The molecule has 134 valence electrons. The molecule has 0 spiro atoms. The minimum Gasteiger partial charge on any atom is -0.345 e. The fourth-order valence-electron chi connectivity index (χ4n) is 3.56. The summed E-state index contributed by atoms with van der Waals surface area (Å²) in [6.07, 6.45) is 7.14. The largest absolute Gasteiger partial charge is 0.345 e. The van der Waals surface area contributed by atoms with E-state index in [9.17, 15) is 9.59 Å². The molecule has 0 radical (unpaired) electrons. The van der Waals surface area contributed by atoms with Crippen LogP contribution < -0.4 is 10.6 Å². The summed E-state index contributed by atoms with van der Waals surface area (Å²) in [4.78, 5) is 26.5. The van der Waals surface area contributed by atoms with E-state index in [1.165, 1.54) is 6.42 Å². The van der Waals surface area contributed by atoms with Crippen LogP contribution in [0.5, 0.6) is 0 Å². The van der Waals surface area contributed by atoms with Crippen LogP contribution in [0.4, 0.5) is 0 Å². The Kier molecular flexibility index (Phi) is 8.92. The van der Waals surface area contributed by atoms with Crippen LogP contribution in [-0.4, -0.2) is 48.4 Å². The van der Waals surface area contributed by atoms with Crippen LogP contribution in [0.25, 0.3) is 0 Å². The number of rotatable bonds is 5. The van der Waals surface area contributed by atoms with Crippen LogP contribution >= 0.6 is 12.4 Å². The Balaban J connectivity index is 0.00000264. The van der Waals surface area contributed by atoms with Gasteiger partial charge in [0.2, 0.25) is 11.8 Å². The molecule has 0 saturated carbocycles. The highest BCUT2D eigenvalue weighted by molar-refractivity contribution is 5.87. The zero-order chi connectivity index (χ0) is 15.9. The van der Waals surface area contributed by atoms with E-state index in [-0.39, 0.29) is 24.2 Å². The van der Waals surface area contributed by atoms with Crippen molar-refractivity contribution in [1.29, 1.82) is 0 Å². The summed E-state index contributed by atoms with van der Waals surface area (Å²) in [7, 11) is 0. The van der Waals surface area contributed by atoms with Gasteiger partial charge in [-0.15, -0.1) is 12.4 Å². The van der Waals surface area contributed by atoms with Gasteiger partial charge in [0.05, 0.1) is 0 Å². The van der Waals surface area contributed by atoms with Gasteiger partial charge in [0.1, 0.15) is 6.04 Å². The van der Waals surface area contributed by atoms with E-state index in [1.807, 2.05) is 11.8 Å². The normalized spacial score (nSPS) is 23.7. The van der Waals surface area contributed by atoms with Crippen LogP contribution in [0.15, 0.2) is 0 Å². The van der Waals surface area contributed by atoms with Gasteiger partial charge in [-0.3, -0.25) is 9.59 Å². The molecule has 0 bridgehead atoms.